The summed E-state index contributed by atoms with van der Waals surface area (Å²) in [7, 11) is 0. The van der Waals surface area contributed by atoms with E-state index in [9.17, 15) is 9.59 Å². The molecule has 3 N–H and O–H groups in total. The molecule has 20 heavy (non-hydrogen) atoms. The molecular weight excluding hydrogens is 278 g/mol. The van der Waals surface area contributed by atoms with Crippen molar-refractivity contribution < 1.29 is 9.59 Å². The fourth-order valence-electron chi connectivity index (χ4n) is 2.48. The lowest BCUT2D eigenvalue weighted by atomic mass is 10.0. The van der Waals surface area contributed by atoms with Crippen molar-refractivity contribution in [3.8, 4) is 0 Å². The Balaban J connectivity index is 2.06. The first-order valence-electron chi connectivity index (χ1n) is 6.64. The third-order valence-corrected chi connectivity index (χ3v) is 3.80. The number of nitrogens with zero attached hydrogens (tertiary/aromatic N) is 1. The lowest BCUT2D eigenvalue weighted by Gasteiger charge is -2.26. The summed E-state index contributed by atoms with van der Waals surface area (Å²) in [5.74, 6) is -0.430. The van der Waals surface area contributed by atoms with Gasteiger partial charge in [-0.05, 0) is 24.5 Å². The lowest BCUT2D eigenvalue weighted by molar-refractivity contribution is -0.133. The third kappa shape index (κ3) is 3.29. The van der Waals surface area contributed by atoms with Crippen LogP contribution in [0.4, 0.5) is 0 Å². The molecule has 2 rings (SSSR count). The second-order valence-corrected chi connectivity index (χ2v) is 5.15. The number of carbonyl (C=O) groups is 2. The lowest BCUT2D eigenvalue weighted by Crippen LogP contribution is -2.41. The molecule has 0 saturated carbocycles. The molecule has 1 saturated heterocycles. The fraction of sp³-hybridized carbons (Fsp3) is 0.429. The average Bonchev–Trinajstić information content (AvgIpc) is 2.94. The Morgan fingerprint density at radius 3 is 2.85 bits per heavy atom. The van der Waals surface area contributed by atoms with Gasteiger partial charge in [-0.3, -0.25) is 9.59 Å². The number of nitrogens with two attached hydrogens (primary N) is 1. The minimum absolute atomic E-state index is 0.00835. The van der Waals surface area contributed by atoms with Crippen LogP contribution in [-0.2, 0) is 9.59 Å². The number of benzene rings is 1. The number of hydrogen-bond donors (Lipinski definition) is 2. The molecule has 0 bridgehead atoms. The van der Waals surface area contributed by atoms with E-state index < -0.39 is 0 Å². The highest BCUT2D eigenvalue weighted by Crippen LogP contribution is 2.35. The van der Waals surface area contributed by atoms with Crippen LogP contribution in [-0.4, -0.2) is 36.3 Å². The topological polar surface area (TPSA) is 75.4 Å². The van der Waals surface area contributed by atoms with Gasteiger partial charge in [-0.15, -0.1) is 0 Å². The van der Waals surface area contributed by atoms with Gasteiger partial charge < -0.3 is 16.0 Å². The molecule has 1 aromatic carbocycles. The third-order valence-electron chi connectivity index (χ3n) is 3.46. The molecule has 0 radical (unpaired) electrons. The Morgan fingerprint density at radius 1 is 1.40 bits per heavy atom. The van der Waals surface area contributed by atoms with Crippen LogP contribution in [0.5, 0.6) is 0 Å². The van der Waals surface area contributed by atoms with Crippen molar-refractivity contribution in [3.05, 3.63) is 34.9 Å². The summed E-state index contributed by atoms with van der Waals surface area (Å²) in [6.07, 6.45) is 1.83. The average molecular weight is 296 g/mol. The molecule has 0 aromatic heterocycles. The summed E-state index contributed by atoms with van der Waals surface area (Å²) in [6, 6.07) is 7.55. The van der Waals surface area contributed by atoms with E-state index in [0.717, 1.165) is 18.4 Å². The van der Waals surface area contributed by atoms with E-state index in [1.807, 2.05) is 24.3 Å². The van der Waals surface area contributed by atoms with Crippen molar-refractivity contribution in [3.63, 3.8) is 0 Å². The van der Waals surface area contributed by atoms with Crippen LogP contribution in [0.15, 0.2) is 24.3 Å². The Morgan fingerprint density at radius 2 is 2.15 bits per heavy atom. The quantitative estimate of drug-likeness (QED) is 0.873. The largest absolute Gasteiger partial charge is 0.346 e. The van der Waals surface area contributed by atoms with Gasteiger partial charge in [0.25, 0.3) is 0 Å². The molecule has 1 aliphatic rings. The monoisotopic (exact) mass is 295 g/mol. The van der Waals surface area contributed by atoms with Crippen molar-refractivity contribution in [1.82, 2.24) is 10.2 Å². The van der Waals surface area contributed by atoms with Crippen LogP contribution in [0.25, 0.3) is 0 Å². The predicted octanol–water partition coefficient (Wildman–Crippen LogP) is 1.08. The van der Waals surface area contributed by atoms with Crippen LogP contribution in [0.1, 0.15) is 24.4 Å². The fourth-order valence-corrected chi connectivity index (χ4v) is 2.74. The first kappa shape index (κ1) is 14.8. The SMILES string of the molecule is NCC(=O)NCC(=O)N1CCCC1c1ccccc1Cl. The minimum atomic E-state index is -0.327. The predicted molar refractivity (Wildman–Crippen MR) is 77.2 cm³/mol. The van der Waals surface area contributed by atoms with Gasteiger partial charge in [0.15, 0.2) is 0 Å². The number of halogens is 1. The Kier molecular flexibility index (Phi) is 4.98. The van der Waals surface area contributed by atoms with Crippen LogP contribution in [0.3, 0.4) is 0 Å². The number of carbonyl (C=O) groups excluding carboxylic acids is 2. The van der Waals surface area contributed by atoms with E-state index in [1.165, 1.54) is 0 Å². The maximum Gasteiger partial charge on any atom is 0.242 e. The number of hydrogen-bond acceptors (Lipinski definition) is 3. The molecule has 108 valence electrons. The molecule has 1 atom stereocenters. The number of amides is 2. The zero-order valence-corrected chi connectivity index (χ0v) is 11.9. The number of likely N-dealkylation sites (tertiary alicyclic amines) is 1. The van der Waals surface area contributed by atoms with Gasteiger partial charge in [0.05, 0.1) is 19.1 Å². The van der Waals surface area contributed by atoms with E-state index in [2.05, 4.69) is 5.32 Å². The smallest absolute Gasteiger partial charge is 0.242 e. The highest BCUT2D eigenvalue weighted by molar-refractivity contribution is 6.31. The molecule has 0 spiro atoms. The zero-order chi connectivity index (χ0) is 14.5. The van der Waals surface area contributed by atoms with Crippen molar-refractivity contribution >= 4 is 23.4 Å². The van der Waals surface area contributed by atoms with E-state index >= 15 is 0 Å². The van der Waals surface area contributed by atoms with E-state index in [1.54, 1.807) is 4.90 Å². The molecule has 1 heterocycles. The van der Waals surface area contributed by atoms with Gasteiger partial charge >= 0.3 is 0 Å². The second-order valence-electron chi connectivity index (χ2n) is 4.75. The van der Waals surface area contributed by atoms with Gasteiger partial charge in [-0.25, -0.2) is 0 Å². The summed E-state index contributed by atoms with van der Waals surface area (Å²) in [4.78, 5) is 25.1. The Labute approximate surface area is 123 Å². The number of rotatable bonds is 4. The summed E-state index contributed by atoms with van der Waals surface area (Å²) < 4.78 is 0. The molecule has 5 nitrogen and oxygen atoms in total. The first-order valence-corrected chi connectivity index (χ1v) is 7.02. The summed E-state index contributed by atoms with van der Waals surface area (Å²) in [5.41, 5.74) is 6.16. The van der Waals surface area contributed by atoms with Crippen LogP contribution >= 0.6 is 11.6 Å². The van der Waals surface area contributed by atoms with Crippen LogP contribution in [0.2, 0.25) is 5.02 Å². The highest BCUT2D eigenvalue weighted by atomic mass is 35.5. The second kappa shape index (κ2) is 6.72. The number of nitrogens with one attached hydrogen (secondary N) is 1. The Bertz CT molecular complexity index is 507. The van der Waals surface area contributed by atoms with Gasteiger partial charge in [0.2, 0.25) is 11.8 Å². The van der Waals surface area contributed by atoms with Crippen LogP contribution < -0.4 is 11.1 Å². The molecule has 2 amide bonds. The normalized spacial score (nSPS) is 18.1. The molecule has 6 heteroatoms. The maximum absolute atomic E-state index is 12.2. The summed E-state index contributed by atoms with van der Waals surface area (Å²) >= 11 is 6.20. The highest BCUT2D eigenvalue weighted by Gasteiger charge is 2.30. The van der Waals surface area contributed by atoms with Crippen LogP contribution in [0, 0.1) is 0 Å². The minimum Gasteiger partial charge on any atom is -0.346 e. The molecule has 0 aliphatic carbocycles. The van der Waals surface area contributed by atoms with Crippen molar-refractivity contribution in [2.75, 3.05) is 19.6 Å². The molecule has 1 fully saturated rings. The summed E-state index contributed by atoms with van der Waals surface area (Å²) in [5, 5.41) is 3.18. The molecule has 1 aliphatic heterocycles. The van der Waals surface area contributed by atoms with E-state index in [0.29, 0.717) is 11.6 Å². The van der Waals surface area contributed by atoms with Gasteiger partial charge in [0.1, 0.15) is 0 Å². The molecule has 1 aromatic rings. The van der Waals surface area contributed by atoms with Crippen molar-refractivity contribution in [2.45, 2.75) is 18.9 Å². The Hall–Kier alpha value is -1.59. The maximum atomic E-state index is 12.2. The van der Waals surface area contributed by atoms with Crippen molar-refractivity contribution in [2.24, 2.45) is 5.73 Å². The first-order chi connectivity index (χ1) is 9.63. The van der Waals surface area contributed by atoms with Crippen molar-refractivity contribution in [1.29, 1.82) is 0 Å². The van der Waals surface area contributed by atoms with Gasteiger partial charge in [0, 0.05) is 11.6 Å². The standard InChI is InChI=1S/C14H18ClN3O2/c15-11-5-2-1-4-10(11)12-6-3-7-18(12)14(20)9-17-13(19)8-16/h1-2,4-5,12H,3,6-9,16H2,(H,17,19). The summed E-state index contributed by atoms with van der Waals surface area (Å²) in [6.45, 7) is 0.561. The van der Waals surface area contributed by atoms with Gasteiger partial charge in [-0.1, -0.05) is 29.8 Å². The molecular formula is C14H18ClN3O2. The molecule has 1 unspecified atom stereocenters. The zero-order valence-electron chi connectivity index (χ0n) is 11.1. The van der Waals surface area contributed by atoms with Gasteiger partial charge in [-0.2, -0.15) is 0 Å². The van der Waals surface area contributed by atoms with E-state index in [-0.39, 0.29) is 30.9 Å². The van der Waals surface area contributed by atoms with E-state index in [4.69, 9.17) is 17.3 Å².